The SMILES string of the molecule is C=CC(=O)N1CCC(C(=O)N2CCN(c3cncc(F)c3)CC2)(c2ccccc2)CC1. The highest BCUT2D eigenvalue weighted by Crippen LogP contribution is 2.38. The minimum Gasteiger partial charge on any atom is -0.367 e. The lowest BCUT2D eigenvalue weighted by atomic mass is 9.71. The maximum absolute atomic E-state index is 13.8. The number of amides is 2. The van der Waals surface area contributed by atoms with Gasteiger partial charge >= 0.3 is 0 Å². The standard InChI is InChI=1S/C24H27FN4O2/c1-2-22(30)28-10-8-24(9-11-28,19-6-4-3-5-7-19)23(31)29-14-12-27(13-15-29)21-16-20(25)17-26-18-21/h2-7,16-18H,1,8-15H2. The van der Waals surface area contributed by atoms with E-state index in [1.54, 1.807) is 11.1 Å². The summed E-state index contributed by atoms with van der Waals surface area (Å²) in [6.07, 6.45) is 5.35. The highest BCUT2D eigenvalue weighted by molar-refractivity contribution is 5.90. The molecule has 6 nitrogen and oxygen atoms in total. The summed E-state index contributed by atoms with van der Waals surface area (Å²) in [5.74, 6) is -0.340. The fourth-order valence-corrected chi connectivity index (χ4v) is 4.67. The predicted octanol–water partition coefficient (Wildman–Crippen LogP) is 2.62. The molecule has 1 aromatic carbocycles. The Morgan fingerprint density at radius 2 is 1.65 bits per heavy atom. The Morgan fingerprint density at radius 1 is 0.968 bits per heavy atom. The normalized spacial score (nSPS) is 18.5. The van der Waals surface area contributed by atoms with Crippen LogP contribution in [0.2, 0.25) is 0 Å². The first-order valence-corrected chi connectivity index (χ1v) is 10.7. The maximum Gasteiger partial charge on any atom is 0.245 e. The fraction of sp³-hybridized carbons (Fsp3) is 0.375. The zero-order chi connectivity index (χ0) is 21.8. The fourth-order valence-electron chi connectivity index (χ4n) is 4.67. The second-order valence-electron chi connectivity index (χ2n) is 8.12. The lowest BCUT2D eigenvalue weighted by Crippen LogP contribution is -2.57. The molecule has 3 heterocycles. The molecule has 4 rings (SSSR count). The summed E-state index contributed by atoms with van der Waals surface area (Å²) >= 11 is 0. The smallest absolute Gasteiger partial charge is 0.245 e. The van der Waals surface area contributed by atoms with Crippen LogP contribution in [-0.2, 0) is 15.0 Å². The van der Waals surface area contributed by atoms with Crippen molar-refractivity contribution in [3.63, 3.8) is 0 Å². The first-order valence-electron chi connectivity index (χ1n) is 10.7. The molecule has 7 heteroatoms. The largest absolute Gasteiger partial charge is 0.367 e. The second kappa shape index (κ2) is 8.88. The van der Waals surface area contributed by atoms with Gasteiger partial charge in [-0.3, -0.25) is 14.6 Å². The molecule has 1 aromatic heterocycles. The number of anilines is 1. The Morgan fingerprint density at radius 3 is 2.26 bits per heavy atom. The summed E-state index contributed by atoms with van der Waals surface area (Å²) in [4.78, 5) is 35.5. The number of hydrogen-bond acceptors (Lipinski definition) is 4. The van der Waals surface area contributed by atoms with Crippen LogP contribution >= 0.6 is 0 Å². The van der Waals surface area contributed by atoms with Gasteiger partial charge in [-0.1, -0.05) is 36.9 Å². The van der Waals surface area contributed by atoms with E-state index < -0.39 is 5.41 Å². The lowest BCUT2D eigenvalue weighted by Gasteiger charge is -2.45. The Kier molecular flexibility index (Phi) is 6.02. The maximum atomic E-state index is 13.8. The first kappa shape index (κ1) is 21.0. The molecule has 0 N–H and O–H groups in total. The van der Waals surface area contributed by atoms with Crippen LogP contribution in [-0.4, -0.2) is 65.9 Å². The van der Waals surface area contributed by atoms with E-state index in [4.69, 9.17) is 0 Å². The number of pyridine rings is 1. The molecule has 162 valence electrons. The topological polar surface area (TPSA) is 56.8 Å². The number of aromatic nitrogens is 1. The first-order chi connectivity index (χ1) is 15.0. The third kappa shape index (κ3) is 4.17. The van der Waals surface area contributed by atoms with Crippen LogP contribution in [0.25, 0.3) is 0 Å². The van der Waals surface area contributed by atoms with Crippen molar-refractivity contribution in [3.8, 4) is 0 Å². The van der Waals surface area contributed by atoms with Crippen LogP contribution < -0.4 is 4.90 Å². The average molecular weight is 423 g/mol. The predicted molar refractivity (Wildman–Crippen MR) is 117 cm³/mol. The van der Waals surface area contributed by atoms with Crippen molar-refractivity contribution >= 4 is 17.5 Å². The molecule has 31 heavy (non-hydrogen) atoms. The quantitative estimate of drug-likeness (QED) is 0.711. The van der Waals surface area contributed by atoms with Crippen molar-refractivity contribution in [3.05, 3.63) is 72.8 Å². The van der Waals surface area contributed by atoms with E-state index in [9.17, 15) is 14.0 Å². The zero-order valence-corrected chi connectivity index (χ0v) is 17.5. The monoisotopic (exact) mass is 422 g/mol. The molecular weight excluding hydrogens is 395 g/mol. The molecule has 2 aliphatic heterocycles. The number of rotatable bonds is 4. The molecule has 2 aliphatic rings. The van der Waals surface area contributed by atoms with Crippen LogP contribution in [0.3, 0.4) is 0 Å². The molecule has 0 bridgehead atoms. The summed E-state index contributed by atoms with van der Waals surface area (Å²) in [5.41, 5.74) is 1.10. The van der Waals surface area contributed by atoms with Gasteiger partial charge in [-0.2, -0.15) is 0 Å². The number of nitrogens with zero attached hydrogens (tertiary/aromatic N) is 4. The molecule has 0 radical (unpaired) electrons. The van der Waals surface area contributed by atoms with Crippen molar-refractivity contribution in [1.29, 1.82) is 0 Å². The summed E-state index contributed by atoms with van der Waals surface area (Å²) in [6, 6.07) is 11.4. The van der Waals surface area contributed by atoms with Crippen LogP contribution in [0.1, 0.15) is 18.4 Å². The Balaban J connectivity index is 1.51. The number of benzene rings is 1. The third-order valence-electron chi connectivity index (χ3n) is 6.46. The highest BCUT2D eigenvalue weighted by atomic mass is 19.1. The van der Waals surface area contributed by atoms with Gasteiger partial charge in [0.25, 0.3) is 0 Å². The van der Waals surface area contributed by atoms with Gasteiger partial charge in [0.15, 0.2) is 0 Å². The molecule has 2 aromatic rings. The second-order valence-corrected chi connectivity index (χ2v) is 8.12. The van der Waals surface area contributed by atoms with E-state index in [1.807, 2.05) is 35.2 Å². The van der Waals surface area contributed by atoms with Crippen molar-refractivity contribution in [2.75, 3.05) is 44.2 Å². The average Bonchev–Trinajstić information content (AvgIpc) is 2.84. The van der Waals surface area contributed by atoms with Gasteiger partial charge < -0.3 is 14.7 Å². The van der Waals surface area contributed by atoms with Gasteiger partial charge in [0.2, 0.25) is 11.8 Å². The van der Waals surface area contributed by atoms with E-state index >= 15 is 0 Å². The zero-order valence-electron chi connectivity index (χ0n) is 17.5. The molecule has 2 amide bonds. The molecular formula is C24H27FN4O2. The van der Waals surface area contributed by atoms with Crippen LogP contribution in [0.5, 0.6) is 0 Å². The van der Waals surface area contributed by atoms with Gasteiger partial charge in [-0.25, -0.2) is 4.39 Å². The van der Waals surface area contributed by atoms with E-state index in [0.29, 0.717) is 52.1 Å². The molecule has 2 fully saturated rings. The minimum absolute atomic E-state index is 0.0913. The van der Waals surface area contributed by atoms with E-state index in [-0.39, 0.29) is 17.6 Å². The summed E-state index contributed by atoms with van der Waals surface area (Å²) in [7, 11) is 0. The van der Waals surface area contributed by atoms with Gasteiger partial charge in [-0.05, 0) is 24.5 Å². The number of piperazine rings is 1. The summed E-state index contributed by atoms with van der Waals surface area (Å²) in [5, 5.41) is 0. The van der Waals surface area contributed by atoms with Crippen LogP contribution in [0.4, 0.5) is 10.1 Å². The molecule has 0 saturated carbocycles. The van der Waals surface area contributed by atoms with Crippen LogP contribution in [0.15, 0.2) is 61.4 Å². The number of piperidine rings is 1. The highest BCUT2D eigenvalue weighted by Gasteiger charge is 2.46. The van der Waals surface area contributed by atoms with Crippen molar-refractivity contribution in [1.82, 2.24) is 14.8 Å². The van der Waals surface area contributed by atoms with Crippen molar-refractivity contribution in [2.45, 2.75) is 18.3 Å². The molecule has 0 atom stereocenters. The summed E-state index contributed by atoms with van der Waals surface area (Å²) < 4.78 is 13.5. The van der Waals surface area contributed by atoms with Crippen LogP contribution in [0, 0.1) is 5.82 Å². The van der Waals surface area contributed by atoms with Gasteiger partial charge in [0, 0.05) is 45.3 Å². The van der Waals surface area contributed by atoms with Crippen molar-refractivity contribution in [2.24, 2.45) is 0 Å². The molecule has 0 spiro atoms. The number of hydrogen-bond donors (Lipinski definition) is 0. The Bertz CT molecular complexity index is 949. The number of carbonyl (C=O) groups excluding carboxylic acids is 2. The minimum atomic E-state index is -0.637. The van der Waals surface area contributed by atoms with Crippen molar-refractivity contribution < 1.29 is 14.0 Å². The van der Waals surface area contributed by atoms with E-state index in [2.05, 4.69) is 16.5 Å². The summed E-state index contributed by atoms with van der Waals surface area (Å²) in [6.45, 7) is 7.03. The Labute approximate surface area is 182 Å². The van der Waals surface area contributed by atoms with Gasteiger partial charge in [0.1, 0.15) is 5.82 Å². The molecule has 0 aliphatic carbocycles. The number of likely N-dealkylation sites (tertiary alicyclic amines) is 1. The molecule has 0 unspecified atom stereocenters. The van der Waals surface area contributed by atoms with Gasteiger partial charge in [0.05, 0.1) is 23.5 Å². The number of carbonyl (C=O) groups is 2. The van der Waals surface area contributed by atoms with Gasteiger partial charge in [-0.15, -0.1) is 0 Å². The molecule has 2 saturated heterocycles. The van der Waals surface area contributed by atoms with E-state index in [1.165, 1.54) is 18.3 Å². The Hall–Kier alpha value is -3.22. The number of halogens is 1. The van der Waals surface area contributed by atoms with E-state index in [0.717, 1.165) is 11.3 Å². The third-order valence-corrected chi connectivity index (χ3v) is 6.46. The lowest BCUT2D eigenvalue weighted by molar-refractivity contribution is -0.142.